The number of esters is 1. The third-order valence-electron chi connectivity index (χ3n) is 4.85. The molecule has 0 aliphatic heterocycles. The van der Waals surface area contributed by atoms with Gasteiger partial charge in [0.2, 0.25) is 5.91 Å². The van der Waals surface area contributed by atoms with Gasteiger partial charge in [-0.25, -0.2) is 4.79 Å². The molecule has 0 spiro atoms. The molecule has 0 unspecified atom stereocenters. The van der Waals surface area contributed by atoms with Crippen LogP contribution in [0.25, 0.3) is 17.2 Å². The van der Waals surface area contributed by atoms with Gasteiger partial charge in [0, 0.05) is 17.0 Å². The molecule has 1 heterocycles. The molecule has 178 valence electrons. The maximum absolute atomic E-state index is 12.7. The molecule has 7 heteroatoms. The first-order valence-corrected chi connectivity index (χ1v) is 11.9. The summed E-state index contributed by atoms with van der Waals surface area (Å²) in [5, 5.41) is 5.13. The predicted molar refractivity (Wildman–Crippen MR) is 137 cm³/mol. The highest BCUT2D eigenvalue weighted by Gasteiger charge is 2.22. The highest BCUT2D eigenvalue weighted by atomic mass is 32.1. The third kappa shape index (κ3) is 6.26. The van der Waals surface area contributed by atoms with Crippen molar-refractivity contribution in [3.63, 3.8) is 0 Å². The number of thiophene rings is 1. The Hall–Kier alpha value is -3.58. The number of rotatable bonds is 9. The van der Waals surface area contributed by atoms with Gasteiger partial charge in [-0.3, -0.25) is 4.79 Å². The fourth-order valence-corrected chi connectivity index (χ4v) is 4.23. The molecule has 1 amide bonds. The standard InChI is InChI=1S/C27H29NO5S/c1-6-32-27(30)25-21(20-11-7-18(4)8-12-20)16-34-26(25)28-24(29)14-10-19-9-13-22(33-17(2)3)23(15-19)31-5/h7-17H,6H2,1-5H3,(H,28,29)/b14-10+. The summed E-state index contributed by atoms with van der Waals surface area (Å²) in [5.41, 5.74) is 3.87. The molecule has 1 N–H and O–H groups in total. The molecule has 34 heavy (non-hydrogen) atoms. The number of hydrogen-bond donors (Lipinski definition) is 1. The van der Waals surface area contributed by atoms with Crippen molar-refractivity contribution in [1.82, 2.24) is 0 Å². The number of carbonyl (C=O) groups excluding carboxylic acids is 2. The molecule has 0 aliphatic carbocycles. The number of benzene rings is 2. The van der Waals surface area contributed by atoms with E-state index in [-0.39, 0.29) is 18.6 Å². The zero-order valence-electron chi connectivity index (χ0n) is 20.0. The van der Waals surface area contributed by atoms with E-state index in [1.165, 1.54) is 17.4 Å². The van der Waals surface area contributed by atoms with Crippen LogP contribution >= 0.6 is 11.3 Å². The van der Waals surface area contributed by atoms with E-state index in [0.29, 0.717) is 22.1 Å². The van der Waals surface area contributed by atoms with Crippen LogP contribution in [0.5, 0.6) is 11.5 Å². The molecule has 0 bridgehead atoms. The molecule has 3 rings (SSSR count). The summed E-state index contributed by atoms with van der Waals surface area (Å²) in [5.74, 6) is 0.399. The molecule has 1 aromatic heterocycles. The summed E-state index contributed by atoms with van der Waals surface area (Å²) in [6, 6.07) is 13.3. The van der Waals surface area contributed by atoms with E-state index < -0.39 is 5.97 Å². The van der Waals surface area contributed by atoms with Crippen molar-refractivity contribution >= 4 is 34.3 Å². The monoisotopic (exact) mass is 479 g/mol. The van der Waals surface area contributed by atoms with Crippen LogP contribution in [0.1, 0.15) is 42.3 Å². The summed E-state index contributed by atoms with van der Waals surface area (Å²) >= 11 is 1.29. The highest BCUT2D eigenvalue weighted by Crippen LogP contribution is 2.36. The van der Waals surface area contributed by atoms with Gasteiger partial charge in [-0.2, -0.15) is 0 Å². The van der Waals surface area contributed by atoms with Gasteiger partial charge in [0.05, 0.1) is 19.8 Å². The van der Waals surface area contributed by atoms with E-state index in [4.69, 9.17) is 14.2 Å². The van der Waals surface area contributed by atoms with Gasteiger partial charge in [-0.05, 0) is 57.0 Å². The average Bonchev–Trinajstić information content (AvgIpc) is 3.22. The highest BCUT2D eigenvalue weighted by molar-refractivity contribution is 7.15. The lowest BCUT2D eigenvalue weighted by Crippen LogP contribution is -2.12. The van der Waals surface area contributed by atoms with Crippen LogP contribution in [0.2, 0.25) is 0 Å². The zero-order chi connectivity index (χ0) is 24.7. The normalized spacial score (nSPS) is 11.0. The minimum Gasteiger partial charge on any atom is -0.493 e. The van der Waals surface area contributed by atoms with Crippen molar-refractivity contribution in [2.24, 2.45) is 0 Å². The second kappa shape index (κ2) is 11.5. The van der Waals surface area contributed by atoms with Crippen molar-refractivity contribution in [2.45, 2.75) is 33.8 Å². The Morgan fingerprint density at radius 3 is 2.47 bits per heavy atom. The van der Waals surface area contributed by atoms with Crippen LogP contribution in [0, 0.1) is 6.92 Å². The van der Waals surface area contributed by atoms with E-state index in [1.807, 2.05) is 62.5 Å². The number of carbonyl (C=O) groups is 2. The third-order valence-corrected chi connectivity index (χ3v) is 5.74. The maximum Gasteiger partial charge on any atom is 0.341 e. The summed E-state index contributed by atoms with van der Waals surface area (Å²) in [4.78, 5) is 25.4. The lowest BCUT2D eigenvalue weighted by atomic mass is 10.0. The van der Waals surface area contributed by atoms with Crippen molar-refractivity contribution in [3.05, 3.63) is 70.6 Å². The van der Waals surface area contributed by atoms with E-state index in [2.05, 4.69) is 5.32 Å². The molecule has 0 aliphatic rings. The van der Waals surface area contributed by atoms with Crippen LogP contribution in [-0.4, -0.2) is 31.7 Å². The molecule has 0 saturated heterocycles. The van der Waals surface area contributed by atoms with Crippen LogP contribution < -0.4 is 14.8 Å². The van der Waals surface area contributed by atoms with Crippen molar-refractivity contribution in [1.29, 1.82) is 0 Å². The first-order chi connectivity index (χ1) is 16.3. The summed E-state index contributed by atoms with van der Waals surface area (Å²) in [6.07, 6.45) is 3.11. The lowest BCUT2D eigenvalue weighted by Gasteiger charge is -2.13. The van der Waals surface area contributed by atoms with Crippen LogP contribution in [0.4, 0.5) is 5.00 Å². The summed E-state index contributed by atoms with van der Waals surface area (Å²) in [7, 11) is 1.57. The zero-order valence-corrected chi connectivity index (χ0v) is 20.8. The number of amides is 1. The average molecular weight is 480 g/mol. The Morgan fingerprint density at radius 2 is 1.82 bits per heavy atom. The van der Waals surface area contributed by atoms with Gasteiger partial charge in [0.25, 0.3) is 0 Å². The van der Waals surface area contributed by atoms with Gasteiger partial charge < -0.3 is 19.5 Å². The Morgan fingerprint density at radius 1 is 1.09 bits per heavy atom. The van der Waals surface area contributed by atoms with E-state index >= 15 is 0 Å². The number of nitrogens with one attached hydrogen (secondary N) is 1. The van der Waals surface area contributed by atoms with Gasteiger partial charge in [0.15, 0.2) is 11.5 Å². The Kier molecular flexibility index (Phi) is 8.49. The largest absolute Gasteiger partial charge is 0.493 e. The fourth-order valence-electron chi connectivity index (χ4n) is 3.27. The van der Waals surface area contributed by atoms with E-state index in [1.54, 1.807) is 26.2 Å². The molecule has 0 fully saturated rings. The predicted octanol–water partition coefficient (Wildman–Crippen LogP) is 6.35. The smallest absolute Gasteiger partial charge is 0.341 e. The first kappa shape index (κ1) is 25.1. The quantitative estimate of drug-likeness (QED) is 0.286. The van der Waals surface area contributed by atoms with Gasteiger partial charge in [-0.1, -0.05) is 35.9 Å². The molecule has 0 radical (unpaired) electrons. The van der Waals surface area contributed by atoms with Gasteiger partial charge in [-0.15, -0.1) is 11.3 Å². The molecular weight excluding hydrogens is 450 g/mol. The minimum absolute atomic E-state index is 0.0188. The number of anilines is 1. The fraction of sp³-hybridized carbons (Fsp3) is 0.259. The van der Waals surface area contributed by atoms with Crippen molar-refractivity contribution in [2.75, 3.05) is 19.0 Å². The second-order valence-electron chi connectivity index (χ2n) is 7.84. The van der Waals surface area contributed by atoms with Gasteiger partial charge >= 0.3 is 5.97 Å². The molecule has 0 atom stereocenters. The van der Waals surface area contributed by atoms with E-state index in [9.17, 15) is 9.59 Å². The van der Waals surface area contributed by atoms with Crippen molar-refractivity contribution in [3.8, 4) is 22.6 Å². The number of ether oxygens (including phenoxy) is 3. The number of hydrogen-bond acceptors (Lipinski definition) is 6. The second-order valence-corrected chi connectivity index (χ2v) is 8.72. The van der Waals surface area contributed by atoms with Crippen LogP contribution in [0.15, 0.2) is 53.9 Å². The molecule has 0 saturated carbocycles. The SMILES string of the molecule is CCOC(=O)c1c(-c2ccc(C)cc2)csc1NC(=O)/C=C/c1ccc(OC(C)C)c(OC)c1. The van der Waals surface area contributed by atoms with Crippen LogP contribution in [-0.2, 0) is 9.53 Å². The Bertz CT molecular complexity index is 1180. The molecule has 2 aromatic carbocycles. The summed E-state index contributed by atoms with van der Waals surface area (Å²) in [6.45, 7) is 7.88. The van der Waals surface area contributed by atoms with E-state index in [0.717, 1.165) is 22.3 Å². The molecule has 3 aromatic rings. The topological polar surface area (TPSA) is 73.9 Å². The minimum atomic E-state index is -0.468. The van der Waals surface area contributed by atoms with Crippen LogP contribution in [0.3, 0.4) is 0 Å². The number of aryl methyl sites for hydroxylation is 1. The van der Waals surface area contributed by atoms with Crippen molar-refractivity contribution < 1.29 is 23.8 Å². The summed E-state index contributed by atoms with van der Waals surface area (Å²) < 4.78 is 16.4. The maximum atomic E-state index is 12.7. The Labute approximate surface area is 204 Å². The number of methoxy groups -OCH3 is 1. The Balaban J connectivity index is 1.82. The first-order valence-electron chi connectivity index (χ1n) is 11.0. The lowest BCUT2D eigenvalue weighted by molar-refractivity contribution is -0.111. The van der Waals surface area contributed by atoms with Gasteiger partial charge in [0.1, 0.15) is 10.6 Å². The molecular formula is C27H29NO5S. The molecule has 6 nitrogen and oxygen atoms in total.